The molecule has 0 atom stereocenters. The first-order valence-corrected chi connectivity index (χ1v) is 12.6. The van der Waals surface area contributed by atoms with Gasteiger partial charge in [0, 0.05) is 21.7 Å². The van der Waals surface area contributed by atoms with E-state index in [0.29, 0.717) is 52.2 Å². The fourth-order valence-electron chi connectivity index (χ4n) is 3.78. The Morgan fingerprint density at radius 2 is 1.90 bits per heavy atom. The van der Waals surface area contributed by atoms with Gasteiger partial charge in [0.25, 0.3) is 11.8 Å². The molecule has 39 heavy (non-hydrogen) atoms. The standard InChI is InChI=1S/C29H28ClN3O6/c1-3-7-20-12-19(13-26(36-4-2)28(20)37-17-22-8-5-6-9-23(22)30)15-32-33-27(34)16-31-29(35)21-10-11-24-25(14-21)39-18-38-24/h3,5-6,8-15H,1,4,7,16-18H2,2H3,(H,31,35)(H,33,34). The molecule has 2 amide bonds. The van der Waals surface area contributed by atoms with Crippen LogP contribution in [0.1, 0.15) is 34.0 Å². The van der Waals surface area contributed by atoms with E-state index >= 15 is 0 Å². The normalized spacial score (nSPS) is 11.7. The molecule has 0 bridgehead atoms. The van der Waals surface area contributed by atoms with Crippen molar-refractivity contribution in [2.75, 3.05) is 19.9 Å². The van der Waals surface area contributed by atoms with Crippen molar-refractivity contribution in [1.82, 2.24) is 10.7 Å². The first-order valence-electron chi connectivity index (χ1n) is 12.2. The summed E-state index contributed by atoms with van der Waals surface area (Å²) in [6, 6.07) is 15.9. The second-order valence-corrected chi connectivity index (χ2v) is 8.76. The van der Waals surface area contributed by atoms with Gasteiger partial charge in [0.2, 0.25) is 6.79 Å². The molecule has 202 valence electrons. The Balaban J connectivity index is 1.38. The number of amides is 2. The predicted octanol–water partition coefficient (Wildman–Crippen LogP) is 4.66. The highest BCUT2D eigenvalue weighted by Gasteiger charge is 2.17. The van der Waals surface area contributed by atoms with Crippen LogP contribution < -0.4 is 29.7 Å². The van der Waals surface area contributed by atoms with Gasteiger partial charge in [-0.25, -0.2) is 5.43 Å². The number of hydrogen-bond donors (Lipinski definition) is 2. The Kier molecular flexibility index (Phi) is 9.42. The lowest BCUT2D eigenvalue weighted by molar-refractivity contribution is -0.120. The summed E-state index contributed by atoms with van der Waals surface area (Å²) >= 11 is 6.28. The third kappa shape index (κ3) is 7.30. The van der Waals surface area contributed by atoms with Gasteiger partial charge in [0.15, 0.2) is 23.0 Å². The van der Waals surface area contributed by atoms with Crippen molar-refractivity contribution in [2.45, 2.75) is 20.0 Å². The molecule has 3 aromatic carbocycles. The van der Waals surface area contributed by atoms with Crippen molar-refractivity contribution in [3.05, 3.63) is 94.5 Å². The highest BCUT2D eigenvalue weighted by atomic mass is 35.5. The minimum atomic E-state index is -0.489. The number of rotatable bonds is 12. The Labute approximate surface area is 231 Å². The molecule has 4 rings (SSSR count). The van der Waals surface area contributed by atoms with Crippen molar-refractivity contribution in [3.63, 3.8) is 0 Å². The third-order valence-corrected chi connectivity index (χ3v) is 5.96. The van der Waals surface area contributed by atoms with Gasteiger partial charge in [0.05, 0.1) is 19.4 Å². The Morgan fingerprint density at radius 1 is 1.08 bits per heavy atom. The van der Waals surface area contributed by atoms with Crippen molar-refractivity contribution >= 4 is 29.6 Å². The summed E-state index contributed by atoms with van der Waals surface area (Å²) in [5, 5.41) is 7.19. The van der Waals surface area contributed by atoms with E-state index in [1.807, 2.05) is 37.3 Å². The molecule has 0 aromatic heterocycles. The number of allylic oxidation sites excluding steroid dienone is 1. The largest absolute Gasteiger partial charge is 0.490 e. The van der Waals surface area contributed by atoms with E-state index in [4.69, 9.17) is 30.5 Å². The maximum absolute atomic E-state index is 12.4. The highest BCUT2D eigenvalue weighted by Crippen LogP contribution is 2.35. The summed E-state index contributed by atoms with van der Waals surface area (Å²) in [5.74, 6) is 1.27. The molecule has 0 aliphatic carbocycles. The van der Waals surface area contributed by atoms with E-state index in [-0.39, 0.29) is 19.9 Å². The molecular weight excluding hydrogens is 522 g/mol. The summed E-state index contributed by atoms with van der Waals surface area (Å²) < 4.78 is 22.5. The molecular formula is C29H28ClN3O6. The Morgan fingerprint density at radius 3 is 2.69 bits per heavy atom. The number of carbonyl (C=O) groups is 2. The quantitative estimate of drug-likeness (QED) is 0.193. The molecule has 1 aliphatic rings. The SMILES string of the molecule is C=CCc1cc(C=NNC(=O)CNC(=O)c2ccc3c(c2)OCO3)cc(OCC)c1OCc1ccccc1Cl. The van der Waals surface area contributed by atoms with Gasteiger partial charge in [-0.1, -0.05) is 35.9 Å². The van der Waals surface area contributed by atoms with Crippen LogP contribution in [0.5, 0.6) is 23.0 Å². The van der Waals surface area contributed by atoms with E-state index in [1.54, 1.807) is 30.3 Å². The zero-order valence-electron chi connectivity index (χ0n) is 21.4. The minimum Gasteiger partial charge on any atom is -0.490 e. The molecule has 2 N–H and O–H groups in total. The zero-order valence-corrected chi connectivity index (χ0v) is 22.1. The molecule has 0 spiro atoms. The molecule has 0 saturated carbocycles. The third-order valence-electron chi connectivity index (χ3n) is 5.60. The van der Waals surface area contributed by atoms with E-state index in [1.165, 1.54) is 6.21 Å². The van der Waals surface area contributed by atoms with Gasteiger partial charge in [-0.3, -0.25) is 9.59 Å². The topological polar surface area (TPSA) is 107 Å². The number of nitrogens with zero attached hydrogens (tertiary/aromatic N) is 1. The monoisotopic (exact) mass is 549 g/mol. The molecule has 10 heteroatoms. The van der Waals surface area contributed by atoms with Gasteiger partial charge < -0.3 is 24.3 Å². The van der Waals surface area contributed by atoms with Crippen LogP contribution >= 0.6 is 11.6 Å². The van der Waals surface area contributed by atoms with Crippen LogP contribution in [-0.4, -0.2) is 38.0 Å². The van der Waals surface area contributed by atoms with Gasteiger partial charge in [-0.05, 0) is 55.3 Å². The average Bonchev–Trinajstić information content (AvgIpc) is 3.41. The van der Waals surface area contributed by atoms with E-state index in [0.717, 1.165) is 11.1 Å². The van der Waals surface area contributed by atoms with Crippen LogP contribution in [-0.2, 0) is 17.8 Å². The highest BCUT2D eigenvalue weighted by molar-refractivity contribution is 6.31. The molecule has 3 aromatic rings. The predicted molar refractivity (Wildman–Crippen MR) is 148 cm³/mol. The molecule has 0 fully saturated rings. The number of carbonyl (C=O) groups excluding carboxylic acids is 2. The van der Waals surface area contributed by atoms with E-state index in [9.17, 15) is 9.59 Å². The first-order chi connectivity index (χ1) is 19.0. The average molecular weight is 550 g/mol. The zero-order chi connectivity index (χ0) is 27.6. The van der Waals surface area contributed by atoms with Crippen molar-refractivity contribution in [3.8, 4) is 23.0 Å². The summed E-state index contributed by atoms with van der Waals surface area (Å²) in [6.07, 6.45) is 3.78. The van der Waals surface area contributed by atoms with Gasteiger partial charge in [-0.2, -0.15) is 5.10 Å². The number of nitrogens with one attached hydrogen (secondary N) is 2. The first kappa shape index (κ1) is 27.5. The lowest BCUT2D eigenvalue weighted by atomic mass is 10.1. The number of benzene rings is 3. The van der Waals surface area contributed by atoms with Crippen LogP contribution in [0.15, 0.2) is 72.4 Å². The van der Waals surface area contributed by atoms with Crippen LogP contribution in [0, 0.1) is 0 Å². The van der Waals surface area contributed by atoms with Crippen LogP contribution in [0.25, 0.3) is 0 Å². The maximum Gasteiger partial charge on any atom is 0.259 e. The fourth-order valence-corrected chi connectivity index (χ4v) is 3.97. The summed E-state index contributed by atoms with van der Waals surface area (Å²) in [6.45, 7) is 6.27. The molecule has 0 unspecified atom stereocenters. The number of halogens is 1. The second-order valence-electron chi connectivity index (χ2n) is 8.36. The van der Waals surface area contributed by atoms with Gasteiger partial charge >= 0.3 is 0 Å². The fraction of sp³-hybridized carbons (Fsp3) is 0.207. The van der Waals surface area contributed by atoms with Gasteiger partial charge in [-0.15, -0.1) is 6.58 Å². The second kappa shape index (κ2) is 13.3. The number of hydrogen-bond acceptors (Lipinski definition) is 7. The molecule has 9 nitrogen and oxygen atoms in total. The number of fused-ring (bicyclic) bond motifs is 1. The Bertz CT molecular complexity index is 1390. The van der Waals surface area contributed by atoms with Crippen LogP contribution in [0.4, 0.5) is 0 Å². The van der Waals surface area contributed by atoms with Crippen LogP contribution in [0.2, 0.25) is 5.02 Å². The molecule has 0 saturated heterocycles. The molecule has 1 heterocycles. The minimum absolute atomic E-state index is 0.111. The van der Waals surface area contributed by atoms with Crippen LogP contribution in [0.3, 0.4) is 0 Å². The van der Waals surface area contributed by atoms with Crippen molar-refractivity contribution < 1.29 is 28.5 Å². The van der Waals surface area contributed by atoms with Crippen molar-refractivity contribution in [2.24, 2.45) is 5.10 Å². The summed E-state index contributed by atoms with van der Waals surface area (Å²) in [7, 11) is 0. The summed E-state index contributed by atoms with van der Waals surface area (Å²) in [4.78, 5) is 24.6. The smallest absolute Gasteiger partial charge is 0.259 e. The molecule has 1 aliphatic heterocycles. The van der Waals surface area contributed by atoms with E-state index in [2.05, 4.69) is 22.4 Å². The maximum atomic E-state index is 12.4. The van der Waals surface area contributed by atoms with Gasteiger partial charge in [0.1, 0.15) is 6.61 Å². The lowest BCUT2D eigenvalue weighted by Gasteiger charge is -2.17. The summed E-state index contributed by atoms with van der Waals surface area (Å²) in [5.41, 5.74) is 5.14. The number of hydrazone groups is 1. The number of ether oxygens (including phenoxy) is 4. The lowest BCUT2D eigenvalue weighted by Crippen LogP contribution is -2.34. The van der Waals surface area contributed by atoms with Crippen molar-refractivity contribution in [1.29, 1.82) is 0 Å². The Hall–Kier alpha value is -4.50. The van der Waals surface area contributed by atoms with E-state index < -0.39 is 11.8 Å². The molecule has 0 radical (unpaired) electrons.